The molecule has 4 heteroatoms. The van der Waals surface area contributed by atoms with Crippen LogP contribution in [0.4, 0.5) is 0 Å². The summed E-state index contributed by atoms with van der Waals surface area (Å²) in [5.74, 6) is -0.254. The van der Waals surface area contributed by atoms with Gasteiger partial charge in [-0.1, -0.05) is 46.3 Å². The van der Waals surface area contributed by atoms with E-state index in [2.05, 4.69) is 21.2 Å². The van der Waals surface area contributed by atoms with Gasteiger partial charge in [-0.3, -0.25) is 4.79 Å². The van der Waals surface area contributed by atoms with Gasteiger partial charge in [0.25, 0.3) is 5.91 Å². The Bertz CT molecular complexity index is 624. The van der Waals surface area contributed by atoms with Gasteiger partial charge in [0.1, 0.15) is 0 Å². The minimum absolute atomic E-state index is 0.254. The highest BCUT2D eigenvalue weighted by molar-refractivity contribution is 9.10. The van der Waals surface area contributed by atoms with Crippen LogP contribution in [0.1, 0.15) is 21.5 Å². The van der Waals surface area contributed by atoms with Crippen molar-refractivity contribution in [1.82, 2.24) is 5.32 Å². The summed E-state index contributed by atoms with van der Waals surface area (Å²) in [6.07, 6.45) is 0. The molecule has 0 saturated carbocycles. The van der Waals surface area contributed by atoms with Crippen LogP contribution in [0.25, 0.3) is 0 Å². The van der Waals surface area contributed by atoms with Gasteiger partial charge in [0.15, 0.2) is 5.72 Å². The van der Waals surface area contributed by atoms with Crippen molar-refractivity contribution in [3.63, 3.8) is 0 Å². The van der Waals surface area contributed by atoms with E-state index in [1.54, 1.807) is 30.3 Å². The monoisotopic (exact) mass is 303 g/mol. The van der Waals surface area contributed by atoms with E-state index in [-0.39, 0.29) is 5.91 Å². The van der Waals surface area contributed by atoms with Crippen LogP contribution < -0.4 is 5.32 Å². The molecule has 0 aliphatic carbocycles. The molecule has 1 atom stereocenters. The number of benzene rings is 2. The molecule has 0 aromatic heterocycles. The molecule has 18 heavy (non-hydrogen) atoms. The van der Waals surface area contributed by atoms with Crippen molar-refractivity contribution < 1.29 is 9.90 Å². The van der Waals surface area contributed by atoms with E-state index >= 15 is 0 Å². The summed E-state index contributed by atoms with van der Waals surface area (Å²) in [4.78, 5) is 11.8. The summed E-state index contributed by atoms with van der Waals surface area (Å²) in [5, 5.41) is 13.4. The molecule has 3 nitrogen and oxygen atoms in total. The van der Waals surface area contributed by atoms with E-state index in [1.807, 2.05) is 18.2 Å². The fourth-order valence-electron chi connectivity index (χ4n) is 2.21. The first-order chi connectivity index (χ1) is 8.61. The quantitative estimate of drug-likeness (QED) is 0.850. The Kier molecular flexibility index (Phi) is 2.50. The number of halogens is 1. The van der Waals surface area contributed by atoms with Gasteiger partial charge in [-0.25, -0.2) is 0 Å². The van der Waals surface area contributed by atoms with E-state index in [0.29, 0.717) is 16.7 Å². The number of hydrogen-bond donors (Lipinski definition) is 2. The van der Waals surface area contributed by atoms with Gasteiger partial charge >= 0.3 is 0 Å². The Morgan fingerprint density at radius 2 is 1.72 bits per heavy atom. The van der Waals surface area contributed by atoms with Crippen molar-refractivity contribution in [2.24, 2.45) is 0 Å². The number of rotatable bonds is 1. The van der Waals surface area contributed by atoms with Crippen LogP contribution in [0.2, 0.25) is 0 Å². The third kappa shape index (κ3) is 1.57. The van der Waals surface area contributed by atoms with Gasteiger partial charge in [0.2, 0.25) is 0 Å². The SMILES string of the molecule is O=C1NC(O)(c2ccc(Br)cc2)c2ccccc21. The molecule has 0 bridgehead atoms. The third-order valence-corrected chi connectivity index (χ3v) is 3.65. The van der Waals surface area contributed by atoms with E-state index in [0.717, 1.165) is 4.47 Å². The Balaban J connectivity index is 2.17. The second-order valence-corrected chi connectivity index (χ2v) is 5.13. The average Bonchev–Trinajstić information content (AvgIpc) is 2.64. The molecule has 90 valence electrons. The predicted molar refractivity (Wildman–Crippen MR) is 71.0 cm³/mol. The zero-order chi connectivity index (χ0) is 12.8. The topological polar surface area (TPSA) is 49.3 Å². The second-order valence-electron chi connectivity index (χ2n) is 4.22. The lowest BCUT2D eigenvalue weighted by molar-refractivity contribution is 0.0476. The zero-order valence-electron chi connectivity index (χ0n) is 9.35. The predicted octanol–water partition coefficient (Wildman–Crippen LogP) is 2.39. The molecule has 2 N–H and O–H groups in total. The van der Waals surface area contributed by atoms with Gasteiger partial charge in [0, 0.05) is 21.2 Å². The van der Waals surface area contributed by atoms with E-state index in [4.69, 9.17) is 0 Å². The average molecular weight is 304 g/mol. The van der Waals surface area contributed by atoms with Crippen molar-refractivity contribution in [2.45, 2.75) is 5.72 Å². The van der Waals surface area contributed by atoms with Crippen LogP contribution in [-0.2, 0) is 5.72 Å². The summed E-state index contributed by atoms with van der Waals surface area (Å²) in [6.45, 7) is 0. The van der Waals surface area contributed by atoms with Crippen molar-refractivity contribution in [2.75, 3.05) is 0 Å². The summed E-state index contributed by atoms with van der Waals surface area (Å²) >= 11 is 3.35. The van der Waals surface area contributed by atoms with Crippen LogP contribution >= 0.6 is 15.9 Å². The van der Waals surface area contributed by atoms with Crippen molar-refractivity contribution in [3.8, 4) is 0 Å². The highest BCUT2D eigenvalue weighted by Gasteiger charge is 2.42. The lowest BCUT2D eigenvalue weighted by Crippen LogP contribution is -2.40. The van der Waals surface area contributed by atoms with Crippen LogP contribution in [0.5, 0.6) is 0 Å². The Morgan fingerprint density at radius 1 is 1.06 bits per heavy atom. The fraction of sp³-hybridized carbons (Fsp3) is 0.0714. The minimum Gasteiger partial charge on any atom is -0.363 e. The Labute approximate surface area is 113 Å². The standard InChI is InChI=1S/C14H10BrNO2/c15-10-7-5-9(6-8-10)14(18)12-4-2-1-3-11(12)13(17)16-14/h1-8,18H,(H,16,17). The molecule has 2 aromatic rings. The molecule has 1 aliphatic rings. The lowest BCUT2D eigenvalue weighted by Gasteiger charge is -2.24. The smallest absolute Gasteiger partial charge is 0.254 e. The molecular formula is C14H10BrNO2. The number of hydrogen-bond acceptors (Lipinski definition) is 2. The molecule has 0 saturated heterocycles. The number of aliphatic hydroxyl groups is 1. The largest absolute Gasteiger partial charge is 0.363 e. The molecule has 0 fully saturated rings. The number of fused-ring (bicyclic) bond motifs is 1. The van der Waals surface area contributed by atoms with E-state index < -0.39 is 5.72 Å². The fourth-order valence-corrected chi connectivity index (χ4v) is 2.48. The first kappa shape index (κ1) is 11.4. The molecule has 1 heterocycles. The van der Waals surface area contributed by atoms with Crippen molar-refractivity contribution >= 4 is 21.8 Å². The lowest BCUT2D eigenvalue weighted by atomic mass is 9.95. The van der Waals surface area contributed by atoms with Crippen LogP contribution in [0, 0.1) is 0 Å². The van der Waals surface area contributed by atoms with E-state index in [1.165, 1.54) is 0 Å². The molecule has 2 aromatic carbocycles. The normalized spacial score (nSPS) is 21.6. The Morgan fingerprint density at radius 3 is 2.44 bits per heavy atom. The first-order valence-electron chi connectivity index (χ1n) is 5.52. The van der Waals surface area contributed by atoms with Gasteiger partial charge in [-0.15, -0.1) is 0 Å². The van der Waals surface area contributed by atoms with Crippen LogP contribution in [-0.4, -0.2) is 11.0 Å². The van der Waals surface area contributed by atoms with Gasteiger partial charge in [-0.05, 0) is 18.2 Å². The molecule has 1 aliphatic heterocycles. The molecular weight excluding hydrogens is 294 g/mol. The summed E-state index contributed by atoms with van der Waals surface area (Å²) < 4.78 is 0.924. The molecule has 1 amide bonds. The maximum Gasteiger partial charge on any atom is 0.254 e. The Hall–Kier alpha value is -1.65. The minimum atomic E-state index is -1.44. The van der Waals surface area contributed by atoms with Crippen LogP contribution in [0.3, 0.4) is 0 Å². The van der Waals surface area contributed by atoms with Crippen molar-refractivity contribution in [1.29, 1.82) is 0 Å². The number of amides is 1. The zero-order valence-corrected chi connectivity index (χ0v) is 10.9. The third-order valence-electron chi connectivity index (χ3n) is 3.12. The molecule has 0 spiro atoms. The molecule has 3 rings (SSSR count). The maximum atomic E-state index is 11.8. The second kappa shape index (κ2) is 3.93. The van der Waals surface area contributed by atoms with Crippen LogP contribution in [0.15, 0.2) is 53.0 Å². The maximum absolute atomic E-state index is 11.8. The summed E-state index contributed by atoms with van der Waals surface area (Å²) in [5.41, 5.74) is 0.318. The summed E-state index contributed by atoms with van der Waals surface area (Å²) in [7, 11) is 0. The first-order valence-corrected chi connectivity index (χ1v) is 6.31. The molecule has 1 unspecified atom stereocenters. The summed E-state index contributed by atoms with van der Waals surface area (Å²) in [6, 6.07) is 14.3. The highest BCUT2D eigenvalue weighted by Crippen LogP contribution is 2.34. The van der Waals surface area contributed by atoms with E-state index in [9.17, 15) is 9.90 Å². The number of carbonyl (C=O) groups excluding carboxylic acids is 1. The highest BCUT2D eigenvalue weighted by atomic mass is 79.9. The number of carbonyl (C=O) groups is 1. The van der Waals surface area contributed by atoms with Gasteiger partial charge < -0.3 is 10.4 Å². The van der Waals surface area contributed by atoms with Gasteiger partial charge in [0.05, 0.1) is 0 Å². The molecule has 0 radical (unpaired) electrons. The van der Waals surface area contributed by atoms with Crippen molar-refractivity contribution in [3.05, 3.63) is 69.7 Å². The van der Waals surface area contributed by atoms with Gasteiger partial charge in [-0.2, -0.15) is 0 Å². The number of nitrogens with one attached hydrogen (secondary N) is 1.